The molecule has 0 aliphatic carbocycles. The van der Waals surface area contributed by atoms with Crippen molar-refractivity contribution >= 4 is 0 Å². The zero-order valence-electron chi connectivity index (χ0n) is 12.4. The average Bonchev–Trinajstić information content (AvgIpc) is 2.33. The fourth-order valence-corrected chi connectivity index (χ4v) is 2.57. The number of aliphatic hydroxyl groups is 1. The van der Waals surface area contributed by atoms with Crippen LogP contribution in [-0.4, -0.2) is 11.7 Å². The topological polar surface area (TPSA) is 20.2 Å². The van der Waals surface area contributed by atoms with Gasteiger partial charge in [0.05, 0.1) is 0 Å². The van der Waals surface area contributed by atoms with Gasteiger partial charge < -0.3 is 5.11 Å². The van der Waals surface area contributed by atoms with Gasteiger partial charge in [-0.15, -0.1) is 0 Å². The largest absolute Gasteiger partial charge is 0.396 e. The van der Waals surface area contributed by atoms with Crippen LogP contribution in [0.2, 0.25) is 0 Å². The highest BCUT2D eigenvalue weighted by Gasteiger charge is 2.11. The fourth-order valence-electron chi connectivity index (χ4n) is 2.57. The zero-order chi connectivity index (χ0) is 12.9. The summed E-state index contributed by atoms with van der Waals surface area (Å²) in [6.45, 7) is 7.25. The summed E-state index contributed by atoms with van der Waals surface area (Å²) >= 11 is 0. The number of rotatable bonds is 12. The van der Waals surface area contributed by atoms with Crippen LogP contribution in [0.3, 0.4) is 0 Å². The Morgan fingerprint density at radius 2 is 1.41 bits per heavy atom. The Labute approximate surface area is 109 Å². The molecule has 0 rings (SSSR count). The van der Waals surface area contributed by atoms with Crippen LogP contribution in [0.5, 0.6) is 0 Å². The summed E-state index contributed by atoms with van der Waals surface area (Å²) in [4.78, 5) is 0. The minimum Gasteiger partial charge on any atom is -0.396 e. The van der Waals surface area contributed by atoms with Gasteiger partial charge in [-0.1, -0.05) is 72.1 Å². The molecule has 0 aromatic rings. The molecule has 17 heavy (non-hydrogen) atoms. The number of unbranched alkanes of at least 4 members (excludes halogenated alkanes) is 5. The molecule has 1 heteroatoms. The Kier molecular flexibility index (Phi) is 12.4. The van der Waals surface area contributed by atoms with Gasteiger partial charge >= 0.3 is 0 Å². The molecule has 0 saturated heterocycles. The van der Waals surface area contributed by atoms with E-state index in [1.165, 1.54) is 64.2 Å². The van der Waals surface area contributed by atoms with E-state index < -0.39 is 0 Å². The Morgan fingerprint density at radius 3 is 2.00 bits per heavy atom. The van der Waals surface area contributed by atoms with Crippen molar-refractivity contribution in [2.45, 2.75) is 85.0 Å². The number of hydrogen-bond donors (Lipinski definition) is 1. The lowest BCUT2D eigenvalue weighted by molar-refractivity contribution is 0.189. The maximum Gasteiger partial charge on any atom is 0.0459 e. The molecule has 2 atom stereocenters. The summed E-state index contributed by atoms with van der Waals surface area (Å²) in [5.74, 6) is 1.35. The lowest BCUT2D eigenvalue weighted by Crippen LogP contribution is -2.11. The maximum absolute atomic E-state index is 9.38. The average molecular weight is 242 g/mol. The van der Waals surface area contributed by atoms with E-state index >= 15 is 0 Å². The van der Waals surface area contributed by atoms with Crippen molar-refractivity contribution in [3.05, 3.63) is 0 Å². The molecule has 0 radical (unpaired) electrons. The third kappa shape index (κ3) is 10.8. The molecule has 0 aromatic carbocycles. The van der Waals surface area contributed by atoms with Crippen LogP contribution >= 0.6 is 0 Å². The molecule has 1 nitrogen and oxygen atoms in total. The molecular formula is C16H34O. The minimum absolute atomic E-state index is 0.392. The van der Waals surface area contributed by atoms with E-state index in [9.17, 15) is 5.11 Å². The fraction of sp³-hybridized carbons (Fsp3) is 1.00. The summed E-state index contributed by atoms with van der Waals surface area (Å²) < 4.78 is 0. The molecule has 0 bridgehead atoms. The van der Waals surface area contributed by atoms with Crippen molar-refractivity contribution in [2.24, 2.45) is 11.8 Å². The van der Waals surface area contributed by atoms with E-state index in [1.807, 2.05) is 0 Å². The van der Waals surface area contributed by atoms with Crippen molar-refractivity contribution in [2.75, 3.05) is 6.61 Å². The second-order valence-electron chi connectivity index (χ2n) is 5.73. The van der Waals surface area contributed by atoms with Crippen LogP contribution in [0.1, 0.15) is 85.0 Å². The highest BCUT2D eigenvalue weighted by Crippen LogP contribution is 2.22. The van der Waals surface area contributed by atoms with Crippen LogP contribution in [0.25, 0.3) is 0 Å². The van der Waals surface area contributed by atoms with E-state index in [0.29, 0.717) is 12.5 Å². The summed E-state index contributed by atoms with van der Waals surface area (Å²) in [6.07, 6.45) is 13.2. The van der Waals surface area contributed by atoms with Gasteiger partial charge in [0.1, 0.15) is 0 Å². The van der Waals surface area contributed by atoms with Gasteiger partial charge in [0.15, 0.2) is 0 Å². The van der Waals surface area contributed by atoms with E-state index in [2.05, 4.69) is 20.8 Å². The van der Waals surface area contributed by atoms with Gasteiger partial charge in [-0.05, 0) is 24.7 Å². The summed E-state index contributed by atoms with van der Waals surface area (Å²) in [5.41, 5.74) is 0. The second kappa shape index (κ2) is 12.4. The first-order chi connectivity index (χ1) is 8.24. The SMILES string of the molecule is CCCCCCC(C)CC(CO)CCCCC. The zero-order valence-corrected chi connectivity index (χ0v) is 12.4. The van der Waals surface area contributed by atoms with E-state index in [0.717, 1.165) is 5.92 Å². The minimum atomic E-state index is 0.392. The lowest BCUT2D eigenvalue weighted by atomic mass is 9.89. The molecule has 0 aliphatic heterocycles. The third-order valence-electron chi connectivity index (χ3n) is 3.76. The summed E-state index contributed by atoms with van der Waals surface area (Å²) in [6, 6.07) is 0. The molecule has 104 valence electrons. The predicted octanol–water partition coefficient (Wildman–Crippen LogP) is 5.17. The predicted molar refractivity (Wildman–Crippen MR) is 77.3 cm³/mol. The van der Waals surface area contributed by atoms with Crippen LogP contribution < -0.4 is 0 Å². The van der Waals surface area contributed by atoms with Gasteiger partial charge in [-0.3, -0.25) is 0 Å². The van der Waals surface area contributed by atoms with Crippen LogP contribution in [0.4, 0.5) is 0 Å². The normalized spacial score (nSPS) is 14.8. The van der Waals surface area contributed by atoms with Crippen molar-refractivity contribution in [3.63, 3.8) is 0 Å². The Hall–Kier alpha value is -0.0400. The second-order valence-corrected chi connectivity index (χ2v) is 5.73. The van der Waals surface area contributed by atoms with Crippen LogP contribution in [-0.2, 0) is 0 Å². The monoisotopic (exact) mass is 242 g/mol. The molecule has 2 unspecified atom stereocenters. The molecule has 0 aliphatic rings. The van der Waals surface area contributed by atoms with Crippen LogP contribution in [0.15, 0.2) is 0 Å². The van der Waals surface area contributed by atoms with E-state index in [1.54, 1.807) is 0 Å². The molecule has 0 heterocycles. The standard InChI is InChI=1S/C16H34O/c1-4-6-8-10-11-15(3)13-16(14-17)12-9-7-5-2/h15-17H,4-14H2,1-3H3. The van der Waals surface area contributed by atoms with Crippen molar-refractivity contribution in [1.82, 2.24) is 0 Å². The Bertz CT molecular complexity index is 144. The van der Waals surface area contributed by atoms with Gasteiger partial charge in [-0.25, -0.2) is 0 Å². The Balaban J connectivity index is 3.55. The molecule has 1 N–H and O–H groups in total. The third-order valence-corrected chi connectivity index (χ3v) is 3.76. The first-order valence-corrected chi connectivity index (χ1v) is 7.85. The van der Waals surface area contributed by atoms with Gasteiger partial charge in [0.25, 0.3) is 0 Å². The highest BCUT2D eigenvalue weighted by molar-refractivity contribution is 4.63. The highest BCUT2D eigenvalue weighted by atomic mass is 16.3. The van der Waals surface area contributed by atoms with Crippen molar-refractivity contribution in [1.29, 1.82) is 0 Å². The van der Waals surface area contributed by atoms with Crippen LogP contribution in [0, 0.1) is 11.8 Å². The molecule has 0 saturated carbocycles. The lowest BCUT2D eigenvalue weighted by Gasteiger charge is -2.19. The first kappa shape index (κ1) is 17.0. The van der Waals surface area contributed by atoms with Gasteiger partial charge in [-0.2, -0.15) is 0 Å². The molecule has 0 spiro atoms. The van der Waals surface area contributed by atoms with E-state index in [-0.39, 0.29) is 0 Å². The first-order valence-electron chi connectivity index (χ1n) is 7.85. The van der Waals surface area contributed by atoms with Gasteiger partial charge in [0, 0.05) is 6.61 Å². The molecule has 0 amide bonds. The quantitative estimate of drug-likeness (QED) is 0.468. The molecule has 0 fully saturated rings. The number of hydrogen-bond acceptors (Lipinski definition) is 1. The summed E-state index contributed by atoms with van der Waals surface area (Å²) in [5, 5.41) is 9.38. The summed E-state index contributed by atoms with van der Waals surface area (Å²) in [7, 11) is 0. The molecule has 0 aromatic heterocycles. The molecular weight excluding hydrogens is 208 g/mol. The number of aliphatic hydroxyl groups excluding tert-OH is 1. The van der Waals surface area contributed by atoms with Crippen molar-refractivity contribution in [3.8, 4) is 0 Å². The maximum atomic E-state index is 9.38. The smallest absolute Gasteiger partial charge is 0.0459 e. The van der Waals surface area contributed by atoms with Crippen molar-refractivity contribution < 1.29 is 5.11 Å². The van der Waals surface area contributed by atoms with E-state index in [4.69, 9.17) is 0 Å². The Morgan fingerprint density at radius 1 is 0.824 bits per heavy atom. The van der Waals surface area contributed by atoms with Gasteiger partial charge in [0.2, 0.25) is 0 Å².